The standard InChI is InChI=1S/C10H19S/c1-11-9-5-3-2-4-6-10-7-8-10/h7,10H,2-6,8-9H2,1H3. The van der Waals surface area contributed by atoms with Gasteiger partial charge in [0.1, 0.15) is 0 Å². The summed E-state index contributed by atoms with van der Waals surface area (Å²) < 4.78 is 0. The maximum atomic E-state index is 2.43. The summed E-state index contributed by atoms with van der Waals surface area (Å²) in [5, 5.41) is 0. The van der Waals surface area contributed by atoms with Gasteiger partial charge in [-0.1, -0.05) is 25.7 Å². The molecule has 0 amide bonds. The number of unbranched alkanes of at least 4 members (excludes halogenated alkanes) is 3. The smallest absolute Gasteiger partial charge is 0.00703 e. The molecule has 0 aliphatic heterocycles. The van der Waals surface area contributed by atoms with Crippen molar-refractivity contribution in [2.45, 2.75) is 38.5 Å². The lowest BCUT2D eigenvalue weighted by molar-refractivity contribution is 0.607. The number of hydrogen-bond donors (Lipinski definition) is 0. The van der Waals surface area contributed by atoms with Gasteiger partial charge < -0.3 is 0 Å². The second-order valence-electron chi connectivity index (χ2n) is 3.43. The Labute approximate surface area is 75.1 Å². The van der Waals surface area contributed by atoms with E-state index in [-0.39, 0.29) is 0 Å². The summed E-state index contributed by atoms with van der Waals surface area (Å²) in [5.74, 6) is 2.38. The molecule has 1 atom stereocenters. The molecule has 0 N–H and O–H groups in total. The van der Waals surface area contributed by atoms with Crippen molar-refractivity contribution in [3.63, 3.8) is 0 Å². The van der Waals surface area contributed by atoms with Gasteiger partial charge in [0.15, 0.2) is 0 Å². The lowest BCUT2D eigenvalue weighted by Crippen LogP contribution is -1.82. The van der Waals surface area contributed by atoms with Crippen LogP contribution in [0, 0.1) is 12.3 Å². The molecule has 1 unspecified atom stereocenters. The van der Waals surface area contributed by atoms with E-state index < -0.39 is 0 Å². The van der Waals surface area contributed by atoms with Crippen LogP contribution in [-0.4, -0.2) is 12.0 Å². The summed E-state index contributed by atoms with van der Waals surface area (Å²) in [4.78, 5) is 0. The van der Waals surface area contributed by atoms with E-state index in [0.717, 1.165) is 5.92 Å². The SMILES string of the molecule is CSCCCCCCC1[CH]C1. The van der Waals surface area contributed by atoms with Crippen LogP contribution in [0.5, 0.6) is 0 Å². The quantitative estimate of drug-likeness (QED) is 0.528. The highest BCUT2D eigenvalue weighted by Crippen LogP contribution is 2.32. The van der Waals surface area contributed by atoms with E-state index in [9.17, 15) is 0 Å². The van der Waals surface area contributed by atoms with Crippen molar-refractivity contribution in [3.8, 4) is 0 Å². The number of hydrogen-bond acceptors (Lipinski definition) is 1. The van der Waals surface area contributed by atoms with Crippen LogP contribution in [0.3, 0.4) is 0 Å². The van der Waals surface area contributed by atoms with E-state index in [1.807, 2.05) is 11.8 Å². The fourth-order valence-corrected chi connectivity index (χ4v) is 1.83. The molecular weight excluding hydrogens is 152 g/mol. The summed E-state index contributed by atoms with van der Waals surface area (Å²) in [7, 11) is 0. The third-order valence-electron chi connectivity index (χ3n) is 2.24. The maximum absolute atomic E-state index is 2.43. The molecule has 0 nitrogen and oxygen atoms in total. The molecule has 1 saturated carbocycles. The van der Waals surface area contributed by atoms with Gasteiger partial charge in [-0.2, -0.15) is 11.8 Å². The van der Waals surface area contributed by atoms with Crippen LogP contribution in [-0.2, 0) is 0 Å². The zero-order valence-electron chi connectivity index (χ0n) is 7.51. The Hall–Kier alpha value is 0.350. The first-order valence-electron chi connectivity index (χ1n) is 4.76. The van der Waals surface area contributed by atoms with Crippen molar-refractivity contribution in [3.05, 3.63) is 6.42 Å². The van der Waals surface area contributed by atoms with Crippen LogP contribution in [0.4, 0.5) is 0 Å². The second kappa shape index (κ2) is 5.93. The molecule has 0 aromatic heterocycles. The Morgan fingerprint density at radius 3 is 2.64 bits per heavy atom. The minimum absolute atomic E-state index is 1.02. The predicted octanol–water partition coefficient (Wildman–Crippen LogP) is 3.52. The molecule has 1 aliphatic carbocycles. The Morgan fingerprint density at radius 2 is 2.00 bits per heavy atom. The lowest BCUT2D eigenvalue weighted by Gasteiger charge is -1.98. The Morgan fingerprint density at radius 1 is 1.27 bits per heavy atom. The first kappa shape index (κ1) is 9.44. The topological polar surface area (TPSA) is 0 Å². The van der Waals surface area contributed by atoms with Gasteiger partial charge in [-0.15, -0.1) is 0 Å². The van der Waals surface area contributed by atoms with Gasteiger partial charge in [-0.25, -0.2) is 0 Å². The summed E-state index contributed by atoms with van der Waals surface area (Å²) in [6.45, 7) is 0. The molecule has 0 aromatic rings. The van der Waals surface area contributed by atoms with Crippen molar-refractivity contribution in [2.75, 3.05) is 12.0 Å². The van der Waals surface area contributed by atoms with Crippen LogP contribution in [0.25, 0.3) is 0 Å². The van der Waals surface area contributed by atoms with Crippen LogP contribution in [0.15, 0.2) is 0 Å². The van der Waals surface area contributed by atoms with Gasteiger partial charge >= 0.3 is 0 Å². The molecule has 11 heavy (non-hydrogen) atoms. The summed E-state index contributed by atoms with van der Waals surface area (Å²) >= 11 is 1.97. The third kappa shape index (κ3) is 5.60. The van der Waals surface area contributed by atoms with Crippen LogP contribution in [0.1, 0.15) is 38.5 Å². The van der Waals surface area contributed by atoms with E-state index in [1.54, 1.807) is 0 Å². The predicted molar refractivity (Wildman–Crippen MR) is 53.9 cm³/mol. The van der Waals surface area contributed by atoms with E-state index >= 15 is 0 Å². The average molecular weight is 171 g/mol. The molecule has 1 fully saturated rings. The largest absolute Gasteiger partial charge is 0.165 e. The lowest BCUT2D eigenvalue weighted by atomic mass is 10.1. The van der Waals surface area contributed by atoms with Gasteiger partial charge in [0.25, 0.3) is 0 Å². The maximum Gasteiger partial charge on any atom is -0.00703 e. The fourth-order valence-electron chi connectivity index (χ4n) is 1.34. The molecule has 0 spiro atoms. The fraction of sp³-hybridized carbons (Fsp3) is 0.900. The molecule has 65 valence electrons. The first-order valence-corrected chi connectivity index (χ1v) is 6.15. The van der Waals surface area contributed by atoms with Crippen molar-refractivity contribution in [1.29, 1.82) is 0 Å². The molecule has 1 heteroatoms. The zero-order valence-corrected chi connectivity index (χ0v) is 8.33. The van der Waals surface area contributed by atoms with E-state index in [4.69, 9.17) is 0 Å². The number of thioether (sulfide) groups is 1. The minimum Gasteiger partial charge on any atom is -0.165 e. The van der Waals surface area contributed by atoms with Crippen LogP contribution < -0.4 is 0 Å². The normalized spacial score (nSPS) is 17.2. The molecular formula is C10H19S. The van der Waals surface area contributed by atoms with E-state index in [2.05, 4.69) is 12.7 Å². The summed E-state index contributed by atoms with van der Waals surface area (Å²) in [6, 6.07) is 0. The minimum atomic E-state index is 1.02. The van der Waals surface area contributed by atoms with Crippen LogP contribution in [0.2, 0.25) is 0 Å². The molecule has 1 aliphatic rings. The molecule has 1 rings (SSSR count). The highest BCUT2D eigenvalue weighted by Gasteiger charge is 2.20. The van der Waals surface area contributed by atoms with E-state index in [1.165, 1.54) is 44.3 Å². The summed E-state index contributed by atoms with van der Waals surface area (Å²) in [6.07, 6.45) is 13.3. The highest BCUT2D eigenvalue weighted by molar-refractivity contribution is 7.98. The molecule has 1 radical (unpaired) electrons. The zero-order chi connectivity index (χ0) is 7.94. The molecule has 0 bridgehead atoms. The van der Waals surface area contributed by atoms with Crippen LogP contribution >= 0.6 is 11.8 Å². The Balaban J connectivity index is 1.66. The number of rotatable bonds is 7. The monoisotopic (exact) mass is 171 g/mol. The average Bonchev–Trinajstić information content (AvgIpc) is 2.80. The molecule has 0 aromatic carbocycles. The van der Waals surface area contributed by atoms with Crippen molar-refractivity contribution < 1.29 is 0 Å². The Kier molecular flexibility index (Phi) is 5.09. The highest BCUT2D eigenvalue weighted by atomic mass is 32.2. The van der Waals surface area contributed by atoms with Gasteiger partial charge in [0.05, 0.1) is 0 Å². The van der Waals surface area contributed by atoms with Crippen molar-refractivity contribution >= 4 is 11.8 Å². The third-order valence-corrected chi connectivity index (χ3v) is 2.94. The summed E-state index contributed by atoms with van der Waals surface area (Å²) in [5.41, 5.74) is 0. The Bertz CT molecular complexity index is 86.9. The van der Waals surface area contributed by atoms with Gasteiger partial charge in [-0.3, -0.25) is 0 Å². The second-order valence-corrected chi connectivity index (χ2v) is 4.41. The molecule has 0 heterocycles. The van der Waals surface area contributed by atoms with Crippen molar-refractivity contribution in [2.24, 2.45) is 5.92 Å². The van der Waals surface area contributed by atoms with Gasteiger partial charge in [0, 0.05) is 0 Å². The molecule has 0 saturated heterocycles. The first-order chi connectivity index (χ1) is 5.43. The van der Waals surface area contributed by atoms with Gasteiger partial charge in [0.2, 0.25) is 0 Å². The van der Waals surface area contributed by atoms with Gasteiger partial charge in [-0.05, 0) is 37.2 Å². The van der Waals surface area contributed by atoms with Crippen molar-refractivity contribution in [1.82, 2.24) is 0 Å². The van der Waals surface area contributed by atoms with E-state index in [0.29, 0.717) is 0 Å².